The van der Waals surface area contributed by atoms with E-state index in [1.54, 1.807) is 31.2 Å². The van der Waals surface area contributed by atoms with Gasteiger partial charge in [0.15, 0.2) is 0 Å². The number of rotatable bonds is 4. The fraction of sp³-hybridized carbons (Fsp3) is 0.200. The average molecular weight is 400 g/mol. The summed E-state index contributed by atoms with van der Waals surface area (Å²) in [6.45, 7) is 3.50. The van der Waals surface area contributed by atoms with Crippen LogP contribution in [0.5, 0.6) is 0 Å². The Morgan fingerprint density at radius 1 is 1.21 bits per heavy atom. The maximum atomic E-state index is 12.6. The summed E-state index contributed by atoms with van der Waals surface area (Å²) in [6, 6.07) is 8.53. The summed E-state index contributed by atoms with van der Waals surface area (Å²) in [5.74, 6) is -1.15. The Kier molecular flexibility index (Phi) is 5.46. The zero-order valence-electron chi connectivity index (χ0n) is 15.6. The topological polar surface area (TPSA) is 90.3 Å². The molecule has 0 radical (unpaired) electrons. The summed E-state index contributed by atoms with van der Waals surface area (Å²) in [6.07, 6.45) is 1.29. The predicted octanol–water partition coefficient (Wildman–Crippen LogP) is 3.09. The van der Waals surface area contributed by atoms with Crippen molar-refractivity contribution in [3.8, 4) is 0 Å². The van der Waals surface area contributed by atoms with E-state index in [2.05, 4.69) is 15.0 Å². The summed E-state index contributed by atoms with van der Waals surface area (Å²) in [4.78, 5) is 41.5. The standard InChI is InChI=1S/C20H18ClN3O4/c1-11-4-7-16(15(21)8-11)23-17(25)10-24-9-14(20(27)28-3)18(26)13-6-5-12(2)22-19(13)24/h4-9H,10H2,1-3H3,(H,23,25). The number of aryl methyl sites for hydroxylation is 2. The van der Waals surface area contributed by atoms with Crippen LogP contribution < -0.4 is 10.7 Å². The molecule has 3 rings (SSSR count). The van der Waals surface area contributed by atoms with Crippen molar-refractivity contribution in [3.63, 3.8) is 0 Å². The molecule has 1 amide bonds. The summed E-state index contributed by atoms with van der Waals surface area (Å²) < 4.78 is 6.13. The molecule has 0 aliphatic rings. The first-order valence-electron chi connectivity index (χ1n) is 8.45. The summed E-state index contributed by atoms with van der Waals surface area (Å²) in [5.41, 5.74) is 1.77. The van der Waals surface area contributed by atoms with E-state index in [0.29, 0.717) is 22.1 Å². The van der Waals surface area contributed by atoms with Crippen molar-refractivity contribution in [1.29, 1.82) is 0 Å². The van der Waals surface area contributed by atoms with Crippen LogP contribution in [0.4, 0.5) is 5.69 Å². The molecule has 28 heavy (non-hydrogen) atoms. The number of amides is 1. The highest BCUT2D eigenvalue weighted by Crippen LogP contribution is 2.22. The molecular formula is C20H18ClN3O4. The molecule has 0 fully saturated rings. The minimum atomic E-state index is -0.775. The number of anilines is 1. The molecule has 0 aliphatic heterocycles. The second-order valence-corrected chi connectivity index (χ2v) is 6.75. The number of halogens is 1. The van der Waals surface area contributed by atoms with Gasteiger partial charge in [-0.1, -0.05) is 17.7 Å². The number of aromatic nitrogens is 2. The van der Waals surface area contributed by atoms with Gasteiger partial charge in [-0.25, -0.2) is 9.78 Å². The number of fused-ring (bicyclic) bond motifs is 1. The molecule has 1 N–H and O–H groups in total. The number of carbonyl (C=O) groups is 2. The van der Waals surface area contributed by atoms with Gasteiger partial charge in [0.1, 0.15) is 17.8 Å². The molecule has 3 aromatic rings. The fourth-order valence-corrected chi connectivity index (χ4v) is 3.08. The van der Waals surface area contributed by atoms with E-state index in [4.69, 9.17) is 11.6 Å². The van der Waals surface area contributed by atoms with Crippen LogP contribution >= 0.6 is 11.6 Å². The quantitative estimate of drug-likeness (QED) is 0.681. The number of carbonyl (C=O) groups excluding carboxylic acids is 2. The van der Waals surface area contributed by atoms with Gasteiger partial charge in [-0.2, -0.15) is 0 Å². The highest BCUT2D eigenvalue weighted by atomic mass is 35.5. The van der Waals surface area contributed by atoms with E-state index in [9.17, 15) is 14.4 Å². The van der Waals surface area contributed by atoms with Gasteiger partial charge >= 0.3 is 5.97 Å². The monoisotopic (exact) mass is 399 g/mol. The predicted molar refractivity (Wildman–Crippen MR) is 107 cm³/mol. The number of ether oxygens (including phenoxy) is 1. The van der Waals surface area contributed by atoms with Crippen LogP contribution in [0.3, 0.4) is 0 Å². The van der Waals surface area contributed by atoms with Crippen LogP contribution in [0.2, 0.25) is 5.02 Å². The van der Waals surface area contributed by atoms with E-state index >= 15 is 0 Å². The number of hydrogen-bond acceptors (Lipinski definition) is 5. The second-order valence-electron chi connectivity index (χ2n) is 6.35. The minimum absolute atomic E-state index is 0.165. The van der Waals surface area contributed by atoms with Crippen molar-refractivity contribution in [2.45, 2.75) is 20.4 Å². The van der Waals surface area contributed by atoms with E-state index in [-0.39, 0.29) is 23.4 Å². The molecule has 2 aromatic heterocycles. The first-order valence-corrected chi connectivity index (χ1v) is 8.83. The van der Waals surface area contributed by atoms with Crippen LogP contribution in [0.15, 0.2) is 41.3 Å². The summed E-state index contributed by atoms with van der Waals surface area (Å²) >= 11 is 6.16. The van der Waals surface area contributed by atoms with Gasteiger partial charge in [-0.3, -0.25) is 9.59 Å². The zero-order chi connectivity index (χ0) is 20.4. The average Bonchev–Trinajstić information content (AvgIpc) is 2.65. The Bertz CT molecular complexity index is 1150. The summed E-state index contributed by atoms with van der Waals surface area (Å²) in [7, 11) is 1.19. The van der Waals surface area contributed by atoms with E-state index in [1.165, 1.54) is 17.9 Å². The third kappa shape index (κ3) is 3.89. The fourth-order valence-electron chi connectivity index (χ4n) is 2.80. The molecule has 0 atom stereocenters. The number of benzene rings is 1. The largest absolute Gasteiger partial charge is 0.465 e. The van der Waals surface area contributed by atoms with E-state index in [0.717, 1.165) is 5.56 Å². The first kappa shape index (κ1) is 19.6. The Hall–Kier alpha value is -3.19. The van der Waals surface area contributed by atoms with Crippen LogP contribution in [0.25, 0.3) is 11.0 Å². The molecule has 0 unspecified atom stereocenters. The maximum absolute atomic E-state index is 12.6. The number of nitrogens with zero attached hydrogens (tertiary/aromatic N) is 2. The third-order valence-corrected chi connectivity index (χ3v) is 4.49. The van der Waals surface area contributed by atoms with Crippen molar-refractivity contribution >= 4 is 40.2 Å². The third-order valence-electron chi connectivity index (χ3n) is 4.18. The lowest BCUT2D eigenvalue weighted by atomic mass is 10.2. The molecular weight excluding hydrogens is 382 g/mol. The van der Waals surface area contributed by atoms with Gasteiger partial charge in [0.05, 0.1) is 23.2 Å². The number of nitrogens with one attached hydrogen (secondary N) is 1. The Balaban J connectivity index is 2.02. The lowest BCUT2D eigenvalue weighted by molar-refractivity contribution is -0.116. The lowest BCUT2D eigenvalue weighted by Crippen LogP contribution is -2.25. The van der Waals surface area contributed by atoms with Crippen molar-refractivity contribution in [2.75, 3.05) is 12.4 Å². The molecule has 0 saturated carbocycles. The highest BCUT2D eigenvalue weighted by molar-refractivity contribution is 6.33. The number of esters is 1. The van der Waals surface area contributed by atoms with E-state index < -0.39 is 11.4 Å². The van der Waals surface area contributed by atoms with Crippen molar-refractivity contribution in [1.82, 2.24) is 9.55 Å². The highest BCUT2D eigenvalue weighted by Gasteiger charge is 2.18. The van der Waals surface area contributed by atoms with Gasteiger partial charge in [0.2, 0.25) is 11.3 Å². The molecule has 2 heterocycles. The number of pyridine rings is 2. The summed E-state index contributed by atoms with van der Waals surface area (Å²) in [5, 5.41) is 3.38. The molecule has 1 aromatic carbocycles. The van der Waals surface area contributed by atoms with Gasteiger partial charge in [-0.05, 0) is 43.7 Å². The normalized spacial score (nSPS) is 10.7. The first-order chi connectivity index (χ1) is 13.3. The Morgan fingerprint density at radius 3 is 2.64 bits per heavy atom. The Morgan fingerprint density at radius 2 is 1.96 bits per heavy atom. The maximum Gasteiger partial charge on any atom is 0.343 e. The lowest BCUT2D eigenvalue weighted by Gasteiger charge is -2.13. The van der Waals surface area contributed by atoms with Crippen LogP contribution in [-0.4, -0.2) is 28.5 Å². The zero-order valence-corrected chi connectivity index (χ0v) is 16.3. The number of methoxy groups -OCH3 is 1. The second kappa shape index (κ2) is 7.82. The molecule has 0 saturated heterocycles. The molecule has 7 nitrogen and oxygen atoms in total. The van der Waals surface area contributed by atoms with Crippen molar-refractivity contribution < 1.29 is 14.3 Å². The molecule has 144 valence electrons. The van der Waals surface area contributed by atoms with Crippen molar-refractivity contribution in [3.05, 3.63) is 68.6 Å². The van der Waals surface area contributed by atoms with Gasteiger partial charge in [-0.15, -0.1) is 0 Å². The molecule has 8 heteroatoms. The van der Waals surface area contributed by atoms with Gasteiger partial charge < -0.3 is 14.6 Å². The SMILES string of the molecule is COC(=O)c1cn(CC(=O)Nc2ccc(C)cc2Cl)c2nc(C)ccc2c1=O. The van der Waals surface area contributed by atoms with Gasteiger partial charge in [0.25, 0.3) is 0 Å². The minimum Gasteiger partial charge on any atom is -0.465 e. The molecule has 0 spiro atoms. The van der Waals surface area contributed by atoms with Crippen LogP contribution in [0.1, 0.15) is 21.6 Å². The van der Waals surface area contributed by atoms with E-state index in [1.807, 2.05) is 13.0 Å². The Labute approximate surface area is 165 Å². The van der Waals surface area contributed by atoms with Crippen LogP contribution in [0, 0.1) is 13.8 Å². The van der Waals surface area contributed by atoms with Crippen LogP contribution in [-0.2, 0) is 16.1 Å². The smallest absolute Gasteiger partial charge is 0.343 e. The molecule has 0 bridgehead atoms. The van der Waals surface area contributed by atoms with Gasteiger partial charge in [0, 0.05) is 11.9 Å². The number of hydrogen-bond donors (Lipinski definition) is 1. The molecule has 0 aliphatic carbocycles. The van der Waals surface area contributed by atoms with Crippen molar-refractivity contribution in [2.24, 2.45) is 0 Å².